The van der Waals surface area contributed by atoms with Crippen molar-refractivity contribution in [3.63, 3.8) is 0 Å². The van der Waals surface area contributed by atoms with Crippen LogP contribution in [0.4, 0.5) is 19.0 Å². The van der Waals surface area contributed by atoms with Crippen LogP contribution < -0.4 is 4.90 Å². The lowest BCUT2D eigenvalue weighted by Gasteiger charge is -2.34. The van der Waals surface area contributed by atoms with Gasteiger partial charge in [0.1, 0.15) is 5.82 Å². The zero-order valence-electron chi connectivity index (χ0n) is 16.2. The van der Waals surface area contributed by atoms with Gasteiger partial charge in [0, 0.05) is 58.3 Å². The van der Waals surface area contributed by atoms with Crippen LogP contribution in [0.25, 0.3) is 0 Å². The van der Waals surface area contributed by atoms with E-state index in [0.29, 0.717) is 51.3 Å². The van der Waals surface area contributed by atoms with E-state index in [0.717, 1.165) is 25.2 Å². The Kier molecular flexibility index (Phi) is 6.55. The molecular weight excluding hydrogens is 409 g/mol. The van der Waals surface area contributed by atoms with Crippen molar-refractivity contribution in [1.82, 2.24) is 14.8 Å². The molecule has 3 rings (SSSR count). The first kappa shape index (κ1) is 21.7. The molecule has 0 saturated carbocycles. The highest BCUT2D eigenvalue weighted by Gasteiger charge is 2.33. The third kappa shape index (κ3) is 5.12. The lowest BCUT2D eigenvalue weighted by atomic mass is 9.95. The second-order valence-electron chi connectivity index (χ2n) is 7.53. The molecule has 1 aromatic rings. The van der Waals surface area contributed by atoms with E-state index in [9.17, 15) is 22.8 Å². The summed E-state index contributed by atoms with van der Waals surface area (Å²) in [5.41, 5.74) is -0.880. The third-order valence-corrected chi connectivity index (χ3v) is 5.82. The van der Waals surface area contributed by atoms with Crippen molar-refractivity contribution in [3.05, 3.63) is 22.8 Å². The Morgan fingerprint density at radius 1 is 1.31 bits per heavy atom. The fourth-order valence-corrected chi connectivity index (χ4v) is 4.08. The van der Waals surface area contributed by atoms with Crippen LogP contribution in [-0.2, 0) is 15.8 Å². The van der Waals surface area contributed by atoms with Gasteiger partial charge in [-0.2, -0.15) is 13.2 Å². The minimum atomic E-state index is -4.49. The van der Waals surface area contributed by atoms with Crippen LogP contribution in [0.5, 0.6) is 0 Å². The molecule has 0 radical (unpaired) electrons. The Bertz CT molecular complexity index is 766. The lowest BCUT2D eigenvalue weighted by molar-refractivity contribution is -0.138. The molecule has 2 saturated heterocycles. The van der Waals surface area contributed by atoms with Crippen LogP contribution in [0.15, 0.2) is 12.3 Å². The summed E-state index contributed by atoms with van der Waals surface area (Å²) in [5.74, 6) is 0.327. The van der Waals surface area contributed by atoms with Gasteiger partial charge in [0.25, 0.3) is 0 Å². The first-order valence-electron chi connectivity index (χ1n) is 9.67. The van der Waals surface area contributed by atoms with Gasteiger partial charge in [-0.1, -0.05) is 11.6 Å². The molecule has 0 unspecified atom stereocenters. The second-order valence-corrected chi connectivity index (χ2v) is 7.94. The molecule has 29 heavy (non-hydrogen) atoms. The lowest BCUT2D eigenvalue weighted by Crippen LogP contribution is -2.43. The average molecular weight is 433 g/mol. The van der Waals surface area contributed by atoms with Gasteiger partial charge in [0.05, 0.1) is 10.6 Å². The Morgan fingerprint density at radius 2 is 2.00 bits per heavy atom. The summed E-state index contributed by atoms with van der Waals surface area (Å²) in [6, 6.07) is 0.883. The number of likely N-dealkylation sites (N-methyl/N-ethyl adjacent to an activating group) is 1. The van der Waals surface area contributed by atoms with E-state index >= 15 is 0 Å². The summed E-state index contributed by atoms with van der Waals surface area (Å²) < 4.78 is 38.3. The Hall–Kier alpha value is -2.03. The summed E-state index contributed by atoms with van der Waals surface area (Å²) in [4.78, 5) is 33.5. The van der Waals surface area contributed by atoms with E-state index in [4.69, 9.17) is 11.6 Å². The number of amides is 2. The number of anilines is 1. The van der Waals surface area contributed by atoms with Crippen LogP contribution in [0, 0.1) is 5.92 Å². The molecule has 0 spiro atoms. The number of hydrogen-bond donors (Lipinski definition) is 0. The third-order valence-electron chi connectivity index (χ3n) is 5.55. The Labute approximate surface area is 172 Å². The number of hydrogen-bond acceptors (Lipinski definition) is 4. The number of likely N-dealkylation sites (tertiary alicyclic amines) is 1. The predicted molar refractivity (Wildman–Crippen MR) is 103 cm³/mol. The number of rotatable bonds is 5. The van der Waals surface area contributed by atoms with Crippen molar-refractivity contribution in [2.75, 3.05) is 44.7 Å². The molecule has 6 nitrogen and oxygen atoms in total. The normalized spacial score (nSPS) is 18.4. The Balaban J connectivity index is 1.52. The highest BCUT2D eigenvalue weighted by Crippen LogP contribution is 2.34. The van der Waals surface area contributed by atoms with Crippen LogP contribution in [-0.4, -0.2) is 66.4 Å². The highest BCUT2D eigenvalue weighted by molar-refractivity contribution is 6.33. The molecule has 3 heterocycles. The molecule has 2 fully saturated rings. The molecular formula is C19H24ClF3N4O2. The fraction of sp³-hybridized carbons (Fsp3) is 0.632. The van der Waals surface area contributed by atoms with Gasteiger partial charge in [-0.05, 0) is 25.3 Å². The number of piperidine rings is 1. The number of alkyl halides is 3. The smallest absolute Gasteiger partial charge is 0.355 e. The summed E-state index contributed by atoms with van der Waals surface area (Å²) in [5, 5.41) is -0.0444. The van der Waals surface area contributed by atoms with Crippen molar-refractivity contribution in [2.45, 2.75) is 31.9 Å². The van der Waals surface area contributed by atoms with Crippen LogP contribution in [0.1, 0.15) is 31.2 Å². The van der Waals surface area contributed by atoms with Gasteiger partial charge in [0.15, 0.2) is 0 Å². The van der Waals surface area contributed by atoms with E-state index < -0.39 is 11.7 Å². The molecule has 2 aliphatic rings. The molecule has 2 amide bonds. The molecule has 0 aliphatic carbocycles. The maximum Gasteiger partial charge on any atom is 0.417 e. The molecule has 0 atom stereocenters. The zero-order chi connectivity index (χ0) is 21.2. The minimum Gasteiger partial charge on any atom is -0.355 e. The summed E-state index contributed by atoms with van der Waals surface area (Å²) in [6.45, 7) is 2.78. The number of nitrogens with zero attached hydrogens (tertiary/aromatic N) is 4. The van der Waals surface area contributed by atoms with E-state index in [-0.39, 0.29) is 22.8 Å². The molecule has 160 valence electrons. The van der Waals surface area contributed by atoms with Crippen LogP contribution in [0.2, 0.25) is 5.02 Å². The number of carbonyl (C=O) groups excluding carboxylic acids is 2. The van der Waals surface area contributed by atoms with E-state index in [1.54, 1.807) is 16.8 Å². The molecule has 0 bridgehead atoms. The minimum absolute atomic E-state index is 0.0303. The largest absolute Gasteiger partial charge is 0.417 e. The SMILES string of the molecule is CN(CCN1CCCC1=O)C(=O)C1CCN(c2ncc(C(F)(F)F)cc2Cl)CC1. The van der Waals surface area contributed by atoms with Crippen LogP contribution in [0.3, 0.4) is 0 Å². The number of halogens is 4. The maximum absolute atomic E-state index is 12.8. The van der Waals surface area contributed by atoms with Gasteiger partial charge < -0.3 is 14.7 Å². The number of pyridine rings is 1. The van der Waals surface area contributed by atoms with Crippen molar-refractivity contribution >= 4 is 29.2 Å². The van der Waals surface area contributed by atoms with Gasteiger partial charge >= 0.3 is 6.18 Å². The summed E-state index contributed by atoms with van der Waals surface area (Å²) >= 11 is 6.02. The van der Waals surface area contributed by atoms with Gasteiger partial charge in [-0.15, -0.1) is 0 Å². The van der Waals surface area contributed by atoms with Crippen molar-refractivity contribution in [1.29, 1.82) is 0 Å². The van der Waals surface area contributed by atoms with Gasteiger partial charge in [-0.3, -0.25) is 9.59 Å². The molecule has 10 heteroatoms. The first-order valence-corrected chi connectivity index (χ1v) is 10.0. The highest BCUT2D eigenvalue weighted by atomic mass is 35.5. The number of aromatic nitrogens is 1. The first-order chi connectivity index (χ1) is 13.7. The molecule has 0 N–H and O–H groups in total. The van der Waals surface area contributed by atoms with Crippen molar-refractivity contribution in [3.8, 4) is 0 Å². The summed E-state index contributed by atoms with van der Waals surface area (Å²) in [7, 11) is 1.74. The maximum atomic E-state index is 12.8. The van der Waals surface area contributed by atoms with Crippen LogP contribution >= 0.6 is 11.6 Å². The Morgan fingerprint density at radius 3 is 2.55 bits per heavy atom. The van der Waals surface area contributed by atoms with Gasteiger partial charge in [-0.25, -0.2) is 4.98 Å². The van der Waals surface area contributed by atoms with Crippen molar-refractivity contribution < 1.29 is 22.8 Å². The second kappa shape index (κ2) is 8.77. The monoisotopic (exact) mass is 432 g/mol. The van der Waals surface area contributed by atoms with Crippen molar-refractivity contribution in [2.24, 2.45) is 5.92 Å². The predicted octanol–water partition coefficient (Wildman–Crippen LogP) is 3.05. The molecule has 1 aromatic heterocycles. The quantitative estimate of drug-likeness (QED) is 0.717. The molecule has 0 aromatic carbocycles. The summed E-state index contributed by atoms with van der Waals surface area (Å²) in [6.07, 6.45) is -1.10. The molecule has 2 aliphatic heterocycles. The standard InChI is InChI=1S/C19H24ClF3N4O2/c1-25(9-10-26-6-2-3-16(26)28)18(29)13-4-7-27(8-5-13)17-15(20)11-14(12-24-17)19(21,22)23/h11-13H,2-10H2,1H3. The fourth-order valence-electron chi connectivity index (χ4n) is 3.79. The topological polar surface area (TPSA) is 56.8 Å². The van der Waals surface area contributed by atoms with E-state index in [1.807, 2.05) is 4.90 Å². The number of carbonyl (C=O) groups is 2. The average Bonchev–Trinajstić information content (AvgIpc) is 3.09. The van der Waals surface area contributed by atoms with Gasteiger partial charge in [0.2, 0.25) is 11.8 Å². The zero-order valence-corrected chi connectivity index (χ0v) is 17.0. The van der Waals surface area contributed by atoms with E-state index in [1.165, 1.54) is 0 Å². The van der Waals surface area contributed by atoms with E-state index in [2.05, 4.69) is 4.98 Å².